The third kappa shape index (κ3) is 2.97. The average molecular weight is 266 g/mol. The third-order valence-corrected chi connectivity index (χ3v) is 3.05. The Kier molecular flexibility index (Phi) is 3.92. The molecule has 1 aliphatic rings. The molecule has 19 heavy (non-hydrogen) atoms. The number of anilines is 1. The van der Waals surface area contributed by atoms with Gasteiger partial charge in [0, 0.05) is 0 Å². The van der Waals surface area contributed by atoms with Crippen LogP contribution in [0.25, 0.3) is 0 Å². The number of amides is 1. The molecule has 1 heterocycles. The number of carbonyl (C=O) groups excluding carboxylic acids is 1. The second-order valence-electron chi connectivity index (χ2n) is 4.85. The lowest BCUT2D eigenvalue weighted by molar-refractivity contribution is -0.130. The SMILES string of the molecule is CC(CO)(CO)NC(=O)C1CNc2ccccc2O1. The smallest absolute Gasteiger partial charge is 0.263 e. The predicted octanol–water partition coefficient (Wildman–Crippen LogP) is -0.281. The summed E-state index contributed by atoms with van der Waals surface area (Å²) in [5.74, 6) is 0.246. The Bertz CT molecular complexity index is 460. The number of hydrogen-bond donors (Lipinski definition) is 4. The lowest BCUT2D eigenvalue weighted by Gasteiger charge is -2.31. The fourth-order valence-corrected chi connectivity index (χ4v) is 1.77. The molecule has 1 unspecified atom stereocenters. The molecule has 0 saturated carbocycles. The van der Waals surface area contributed by atoms with Crippen molar-refractivity contribution >= 4 is 11.6 Å². The van der Waals surface area contributed by atoms with E-state index in [1.54, 1.807) is 13.0 Å². The topological polar surface area (TPSA) is 90.8 Å². The largest absolute Gasteiger partial charge is 0.477 e. The van der Waals surface area contributed by atoms with E-state index in [0.29, 0.717) is 12.3 Å². The van der Waals surface area contributed by atoms with Gasteiger partial charge in [-0.05, 0) is 19.1 Å². The van der Waals surface area contributed by atoms with Gasteiger partial charge in [-0.3, -0.25) is 4.79 Å². The number of benzene rings is 1. The molecule has 0 bridgehead atoms. The van der Waals surface area contributed by atoms with Gasteiger partial charge in [-0.25, -0.2) is 0 Å². The second-order valence-corrected chi connectivity index (χ2v) is 4.85. The molecule has 104 valence electrons. The van der Waals surface area contributed by atoms with Gasteiger partial charge in [0.15, 0.2) is 6.10 Å². The monoisotopic (exact) mass is 266 g/mol. The number of fused-ring (bicyclic) bond motifs is 1. The van der Waals surface area contributed by atoms with Crippen LogP contribution in [0, 0.1) is 0 Å². The van der Waals surface area contributed by atoms with E-state index in [4.69, 9.17) is 14.9 Å². The van der Waals surface area contributed by atoms with Crippen LogP contribution in [-0.2, 0) is 4.79 Å². The van der Waals surface area contributed by atoms with E-state index in [1.807, 2.05) is 18.2 Å². The number of nitrogens with one attached hydrogen (secondary N) is 2. The first-order valence-electron chi connectivity index (χ1n) is 6.11. The van der Waals surface area contributed by atoms with E-state index >= 15 is 0 Å². The molecule has 0 saturated heterocycles. The summed E-state index contributed by atoms with van der Waals surface area (Å²) in [6, 6.07) is 7.35. The van der Waals surface area contributed by atoms with Crippen molar-refractivity contribution in [2.24, 2.45) is 0 Å². The molecule has 0 aliphatic carbocycles. The first kappa shape index (κ1) is 13.6. The number of aliphatic hydroxyl groups excluding tert-OH is 2. The van der Waals surface area contributed by atoms with Crippen molar-refractivity contribution in [2.45, 2.75) is 18.6 Å². The first-order chi connectivity index (χ1) is 9.08. The van der Waals surface area contributed by atoms with Gasteiger partial charge in [-0.15, -0.1) is 0 Å². The highest BCUT2D eigenvalue weighted by atomic mass is 16.5. The van der Waals surface area contributed by atoms with Gasteiger partial charge in [-0.2, -0.15) is 0 Å². The van der Waals surface area contributed by atoms with Crippen LogP contribution in [0.3, 0.4) is 0 Å². The number of rotatable bonds is 4. The van der Waals surface area contributed by atoms with Gasteiger partial charge in [0.25, 0.3) is 5.91 Å². The predicted molar refractivity (Wildman–Crippen MR) is 70.1 cm³/mol. The van der Waals surface area contributed by atoms with Crippen LogP contribution in [0.5, 0.6) is 5.75 Å². The molecule has 1 aliphatic heterocycles. The average Bonchev–Trinajstić information content (AvgIpc) is 2.46. The fraction of sp³-hybridized carbons (Fsp3) is 0.462. The number of carbonyl (C=O) groups is 1. The highest BCUT2D eigenvalue weighted by molar-refractivity contribution is 5.83. The van der Waals surface area contributed by atoms with Crippen molar-refractivity contribution in [3.05, 3.63) is 24.3 Å². The van der Waals surface area contributed by atoms with Crippen LogP contribution in [0.15, 0.2) is 24.3 Å². The van der Waals surface area contributed by atoms with Gasteiger partial charge in [0.05, 0.1) is 31.0 Å². The van der Waals surface area contributed by atoms with Crippen LogP contribution in [0.4, 0.5) is 5.69 Å². The van der Waals surface area contributed by atoms with Crippen LogP contribution in [-0.4, -0.2) is 47.5 Å². The zero-order chi connectivity index (χ0) is 13.9. The van der Waals surface area contributed by atoms with E-state index in [9.17, 15) is 4.79 Å². The maximum atomic E-state index is 12.0. The number of aliphatic hydroxyl groups is 2. The molecule has 2 rings (SSSR count). The van der Waals surface area contributed by atoms with Gasteiger partial charge in [0.2, 0.25) is 0 Å². The van der Waals surface area contributed by atoms with E-state index in [2.05, 4.69) is 10.6 Å². The Balaban J connectivity index is 2.03. The van der Waals surface area contributed by atoms with E-state index < -0.39 is 11.6 Å². The molecule has 6 nitrogen and oxygen atoms in total. The Morgan fingerprint density at radius 1 is 1.47 bits per heavy atom. The van der Waals surface area contributed by atoms with Gasteiger partial charge in [0.1, 0.15) is 5.75 Å². The standard InChI is InChI=1S/C13H18N2O4/c1-13(7-16,8-17)15-12(18)11-6-14-9-4-2-3-5-10(9)19-11/h2-5,11,14,16-17H,6-8H2,1H3,(H,15,18). The summed E-state index contributed by atoms with van der Waals surface area (Å²) in [5.41, 5.74) is -0.198. The van der Waals surface area contributed by atoms with Crippen molar-refractivity contribution in [2.75, 3.05) is 25.1 Å². The second kappa shape index (κ2) is 5.46. The Labute approximate surface area is 111 Å². The molecule has 0 aromatic heterocycles. The maximum Gasteiger partial charge on any atom is 0.263 e. The van der Waals surface area contributed by atoms with Crippen LogP contribution < -0.4 is 15.4 Å². The van der Waals surface area contributed by atoms with Gasteiger partial charge >= 0.3 is 0 Å². The zero-order valence-corrected chi connectivity index (χ0v) is 10.7. The van der Waals surface area contributed by atoms with E-state index in [-0.39, 0.29) is 19.1 Å². The maximum absolute atomic E-state index is 12.0. The number of ether oxygens (including phenoxy) is 1. The fourth-order valence-electron chi connectivity index (χ4n) is 1.77. The summed E-state index contributed by atoms with van der Waals surface area (Å²) in [4.78, 5) is 12.0. The lowest BCUT2D eigenvalue weighted by Crippen LogP contribution is -2.57. The van der Waals surface area contributed by atoms with E-state index in [1.165, 1.54) is 0 Å². The van der Waals surface area contributed by atoms with Crippen molar-refractivity contribution in [3.8, 4) is 5.75 Å². The highest BCUT2D eigenvalue weighted by Gasteiger charge is 2.31. The van der Waals surface area contributed by atoms with Crippen molar-refractivity contribution < 1.29 is 19.7 Å². The minimum atomic E-state index is -1.04. The third-order valence-electron chi connectivity index (χ3n) is 3.05. The van der Waals surface area contributed by atoms with Crippen LogP contribution in [0.2, 0.25) is 0 Å². The highest BCUT2D eigenvalue weighted by Crippen LogP contribution is 2.28. The quantitative estimate of drug-likeness (QED) is 0.602. The van der Waals surface area contributed by atoms with Gasteiger partial charge in [-0.1, -0.05) is 12.1 Å². The van der Waals surface area contributed by atoms with Gasteiger partial charge < -0.3 is 25.6 Å². The van der Waals surface area contributed by atoms with E-state index in [0.717, 1.165) is 5.69 Å². The Morgan fingerprint density at radius 3 is 2.84 bits per heavy atom. The van der Waals surface area contributed by atoms with Crippen molar-refractivity contribution in [3.63, 3.8) is 0 Å². The molecule has 1 atom stereocenters. The molecule has 6 heteroatoms. The summed E-state index contributed by atoms with van der Waals surface area (Å²) in [6.45, 7) is 1.23. The summed E-state index contributed by atoms with van der Waals surface area (Å²) in [7, 11) is 0. The molecular formula is C13H18N2O4. The number of hydrogen-bond acceptors (Lipinski definition) is 5. The molecule has 0 radical (unpaired) electrons. The normalized spacial score (nSPS) is 17.9. The molecule has 1 aromatic rings. The van der Waals surface area contributed by atoms with Crippen molar-refractivity contribution in [1.82, 2.24) is 5.32 Å². The molecular weight excluding hydrogens is 248 g/mol. The summed E-state index contributed by atoms with van der Waals surface area (Å²) < 4.78 is 5.59. The van der Waals surface area contributed by atoms with Crippen molar-refractivity contribution in [1.29, 1.82) is 0 Å². The summed E-state index contributed by atoms with van der Waals surface area (Å²) in [5, 5.41) is 24.0. The van der Waals surface area contributed by atoms with Crippen LogP contribution >= 0.6 is 0 Å². The molecule has 0 fully saturated rings. The Hall–Kier alpha value is -1.79. The molecule has 4 N–H and O–H groups in total. The molecule has 0 spiro atoms. The lowest BCUT2D eigenvalue weighted by atomic mass is 10.0. The molecule has 1 amide bonds. The molecule has 1 aromatic carbocycles. The first-order valence-corrected chi connectivity index (χ1v) is 6.11. The summed E-state index contributed by atoms with van der Waals surface area (Å²) in [6.07, 6.45) is -0.688. The summed E-state index contributed by atoms with van der Waals surface area (Å²) >= 11 is 0. The Morgan fingerprint density at radius 2 is 2.16 bits per heavy atom. The minimum absolute atomic E-state index is 0.341. The zero-order valence-electron chi connectivity index (χ0n) is 10.7. The number of para-hydroxylation sites is 2. The van der Waals surface area contributed by atoms with Crippen LogP contribution in [0.1, 0.15) is 6.92 Å². The minimum Gasteiger partial charge on any atom is -0.477 e.